The molecule has 0 saturated heterocycles. The molecule has 0 aromatic heterocycles. The second kappa shape index (κ2) is 6.10. The number of carbonyl (C=O) groups is 6. The number of fused-ring (bicyclic) bond motifs is 4. The number of ketones is 6. The summed E-state index contributed by atoms with van der Waals surface area (Å²) in [7, 11) is 0. The highest BCUT2D eigenvalue weighted by molar-refractivity contribution is 6.59. The van der Waals surface area contributed by atoms with Crippen LogP contribution in [0.25, 0.3) is 0 Å². The Morgan fingerprint density at radius 3 is 1.34 bits per heavy atom. The van der Waals surface area contributed by atoms with E-state index in [1.807, 2.05) is 0 Å². The number of phenolic OH excluding ortho intramolecular Hbond substituents is 2. The van der Waals surface area contributed by atoms with Crippen molar-refractivity contribution in [3.63, 3.8) is 0 Å². The highest BCUT2D eigenvalue weighted by Crippen LogP contribution is 2.83. The molecule has 4 bridgehead atoms. The molecule has 4 saturated carbocycles. The molecule has 0 aliphatic heterocycles. The van der Waals surface area contributed by atoms with Crippen molar-refractivity contribution in [1.29, 1.82) is 0 Å². The van der Waals surface area contributed by atoms with Crippen molar-refractivity contribution in [2.75, 3.05) is 0 Å². The van der Waals surface area contributed by atoms with Gasteiger partial charge in [0.15, 0.2) is 44.4 Å². The van der Waals surface area contributed by atoms with Crippen LogP contribution in [0.3, 0.4) is 0 Å². The number of alkyl halides is 2. The lowest BCUT2D eigenvalue weighted by atomic mass is 9.42. The Hall–Kier alpha value is -3.36. The van der Waals surface area contributed by atoms with E-state index >= 15 is 0 Å². The molecule has 8 atom stereocenters. The fourth-order valence-corrected chi connectivity index (χ4v) is 10.7. The van der Waals surface area contributed by atoms with E-state index in [0.717, 1.165) is 0 Å². The molecule has 2 unspecified atom stereocenters. The molecular weight excluding hydrogens is 535 g/mol. The number of benzene rings is 2. The summed E-state index contributed by atoms with van der Waals surface area (Å²) in [4.78, 5) is 80.8. The van der Waals surface area contributed by atoms with Gasteiger partial charge in [0.1, 0.15) is 11.5 Å². The van der Waals surface area contributed by atoms with Crippen molar-refractivity contribution in [2.24, 2.45) is 34.5 Å². The molecule has 0 radical (unpaired) electrons. The first-order valence-corrected chi connectivity index (χ1v) is 13.0. The molecule has 6 aliphatic rings. The van der Waals surface area contributed by atoms with E-state index in [0.29, 0.717) is 0 Å². The molecule has 8 nitrogen and oxygen atoms in total. The van der Waals surface area contributed by atoms with Crippen molar-refractivity contribution in [3.8, 4) is 11.5 Å². The van der Waals surface area contributed by atoms with Crippen molar-refractivity contribution in [3.05, 3.63) is 58.7 Å². The van der Waals surface area contributed by atoms with Crippen LogP contribution in [0, 0.1) is 34.5 Å². The molecular formula is C28H16Cl2O8. The molecule has 4 fully saturated rings. The zero-order valence-electron chi connectivity index (χ0n) is 19.3. The first-order chi connectivity index (χ1) is 17.9. The van der Waals surface area contributed by atoms with Crippen LogP contribution in [0.15, 0.2) is 36.4 Å². The number of hydrogen-bond donors (Lipinski definition) is 2. The minimum absolute atomic E-state index is 0.0451. The molecule has 6 aliphatic carbocycles. The Kier molecular flexibility index (Phi) is 3.63. The van der Waals surface area contributed by atoms with E-state index in [2.05, 4.69) is 0 Å². The fraction of sp³-hybridized carbons (Fsp3) is 0.357. The van der Waals surface area contributed by atoms with Crippen molar-refractivity contribution in [2.45, 2.75) is 22.6 Å². The van der Waals surface area contributed by atoms with Gasteiger partial charge in [-0.1, -0.05) is 24.3 Å². The van der Waals surface area contributed by atoms with E-state index in [4.69, 9.17) is 23.2 Å². The second-order valence-electron chi connectivity index (χ2n) is 11.3. The van der Waals surface area contributed by atoms with Crippen LogP contribution in [-0.4, -0.2) is 54.7 Å². The van der Waals surface area contributed by atoms with Crippen LogP contribution >= 0.6 is 23.2 Å². The van der Waals surface area contributed by atoms with Gasteiger partial charge in [-0.2, -0.15) is 0 Å². The molecule has 38 heavy (non-hydrogen) atoms. The topological polar surface area (TPSA) is 143 Å². The van der Waals surface area contributed by atoms with Gasteiger partial charge in [-0.05, 0) is 36.8 Å². The lowest BCUT2D eigenvalue weighted by Gasteiger charge is -2.59. The predicted octanol–water partition coefficient (Wildman–Crippen LogP) is 2.92. The van der Waals surface area contributed by atoms with E-state index in [9.17, 15) is 39.0 Å². The van der Waals surface area contributed by atoms with Crippen LogP contribution in [-0.2, 0) is 9.59 Å². The zero-order valence-corrected chi connectivity index (χ0v) is 20.8. The van der Waals surface area contributed by atoms with Gasteiger partial charge in [-0.3, -0.25) is 28.8 Å². The maximum atomic E-state index is 14.5. The maximum Gasteiger partial charge on any atom is 0.196 e. The summed E-state index contributed by atoms with van der Waals surface area (Å²) in [6.07, 6.45) is -0.0902. The van der Waals surface area contributed by atoms with E-state index in [1.54, 1.807) is 0 Å². The molecule has 2 aromatic carbocycles. The van der Waals surface area contributed by atoms with Crippen molar-refractivity contribution < 1.29 is 39.0 Å². The van der Waals surface area contributed by atoms with Crippen LogP contribution in [0.2, 0.25) is 0 Å². The third-order valence-electron chi connectivity index (χ3n) is 10.6. The summed E-state index contributed by atoms with van der Waals surface area (Å²) < 4.78 is 0. The third-order valence-corrected chi connectivity index (χ3v) is 11.9. The van der Waals surface area contributed by atoms with Gasteiger partial charge in [0.2, 0.25) is 0 Å². The van der Waals surface area contributed by atoms with Crippen LogP contribution in [0.5, 0.6) is 11.5 Å². The summed E-state index contributed by atoms with van der Waals surface area (Å²) in [5.41, 5.74) is -5.25. The Labute approximate surface area is 223 Å². The number of carbonyl (C=O) groups excluding carboxylic acids is 6. The van der Waals surface area contributed by atoms with Gasteiger partial charge in [0, 0.05) is 23.0 Å². The van der Waals surface area contributed by atoms with Gasteiger partial charge >= 0.3 is 0 Å². The number of phenols is 2. The molecule has 0 heterocycles. The molecule has 2 N–H and O–H groups in total. The van der Waals surface area contributed by atoms with Gasteiger partial charge in [0.05, 0.1) is 22.0 Å². The number of halogens is 2. The van der Waals surface area contributed by atoms with Gasteiger partial charge in [-0.15, -0.1) is 23.2 Å². The molecule has 2 spiro atoms. The van der Waals surface area contributed by atoms with E-state index in [-0.39, 0.29) is 24.0 Å². The van der Waals surface area contributed by atoms with Gasteiger partial charge < -0.3 is 10.2 Å². The molecule has 190 valence electrons. The second-order valence-corrected chi connectivity index (χ2v) is 12.4. The van der Waals surface area contributed by atoms with Crippen molar-refractivity contribution >= 4 is 57.9 Å². The molecule has 8 rings (SSSR count). The maximum absolute atomic E-state index is 14.5. The smallest absolute Gasteiger partial charge is 0.196 e. The third kappa shape index (κ3) is 1.70. The first kappa shape index (κ1) is 22.6. The SMILES string of the molecule is O=C1c2cccc(O)c2C(=O)[C@@]2(Cl)C(=O)[C@H]3C[C@@H]4[C@@H]5C[C@@H](C(=O)[C@]6(Cl)C(=O)c7c(O)cccc7C(=O)C356)C142. The average molecular weight is 551 g/mol. The Morgan fingerprint density at radius 1 is 0.605 bits per heavy atom. The quantitative estimate of drug-likeness (QED) is 0.376. The average Bonchev–Trinajstić information content (AvgIpc) is 3.38. The lowest BCUT2D eigenvalue weighted by Crippen LogP contribution is -2.77. The van der Waals surface area contributed by atoms with Crippen LogP contribution < -0.4 is 0 Å². The normalized spacial score (nSPS) is 43.2. The van der Waals surface area contributed by atoms with Crippen LogP contribution in [0.4, 0.5) is 0 Å². The van der Waals surface area contributed by atoms with E-state index < -0.39 is 102 Å². The zero-order chi connectivity index (χ0) is 26.9. The number of hydrogen-bond acceptors (Lipinski definition) is 8. The Bertz CT molecular complexity index is 1570. The molecule has 2 aromatic rings. The van der Waals surface area contributed by atoms with Gasteiger partial charge in [-0.25, -0.2) is 0 Å². The van der Waals surface area contributed by atoms with Crippen molar-refractivity contribution in [1.82, 2.24) is 0 Å². The van der Waals surface area contributed by atoms with E-state index in [1.165, 1.54) is 36.4 Å². The Morgan fingerprint density at radius 2 is 0.974 bits per heavy atom. The molecule has 10 heteroatoms. The number of rotatable bonds is 0. The Balaban J connectivity index is 1.52. The number of Topliss-reactive ketones (excluding diaryl/α,β-unsaturated/α-hetero) is 6. The largest absolute Gasteiger partial charge is 0.507 e. The highest BCUT2D eigenvalue weighted by Gasteiger charge is 2.94. The number of aromatic hydroxyl groups is 2. The fourth-order valence-electron chi connectivity index (χ4n) is 9.53. The lowest BCUT2D eigenvalue weighted by molar-refractivity contribution is -0.146. The monoisotopic (exact) mass is 550 g/mol. The van der Waals surface area contributed by atoms with Gasteiger partial charge in [0.25, 0.3) is 0 Å². The summed E-state index contributed by atoms with van der Waals surface area (Å²) in [5, 5.41) is 21.0. The molecule has 0 amide bonds. The standard InChI is InChI=1S/C28H16Cl2O8/c29-27-22(36)14-7-11-12-8-13(25(11,27)19(33)9-3-1-5-15(31)17(9)23(27)37)21(35)28(30)24(38)18-10(4-2-6-16(18)32)20(34)26(12,14)28/h1-6,11-14,31-32H,7-8H2/t11-,12+,13+,14-,25?,26?,27-,28-/m0/s1. The first-order valence-electron chi connectivity index (χ1n) is 12.2. The minimum Gasteiger partial charge on any atom is -0.507 e. The van der Waals surface area contributed by atoms with Crippen LogP contribution in [0.1, 0.15) is 54.3 Å². The highest BCUT2D eigenvalue weighted by atomic mass is 35.5. The summed E-state index contributed by atoms with van der Waals surface area (Å²) in [5.74, 6) is -10.9. The summed E-state index contributed by atoms with van der Waals surface area (Å²) >= 11 is 14.1. The summed E-state index contributed by atoms with van der Waals surface area (Å²) in [6, 6.07) is 7.82. The predicted molar refractivity (Wildman–Crippen MR) is 129 cm³/mol. The summed E-state index contributed by atoms with van der Waals surface area (Å²) in [6.45, 7) is 0. The minimum atomic E-state index is -2.55.